The molecule has 0 aromatic heterocycles. The molecular weight excluding hydrogens is 336 g/mol. The molecule has 27 heavy (non-hydrogen) atoms. The summed E-state index contributed by atoms with van der Waals surface area (Å²) >= 11 is 0. The normalized spacial score (nSPS) is 32.1. The summed E-state index contributed by atoms with van der Waals surface area (Å²) in [5.41, 5.74) is 0.596. The smallest absolute Gasteiger partial charge is 0.251 e. The van der Waals surface area contributed by atoms with Crippen LogP contribution < -0.4 is 5.32 Å². The second kappa shape index (κ2) is 7.29. The molecular formula is C23H32N2O2. The Bertz CT molecular complexity index is 660. The number of rotatable bonds is 6. The van der Waals surface area contributed by atoms with Crippen LogP contribution >= 0.6 is 0 Å². The van der Waals surface area contributed by atoms with Gasteiger partial charge in [0, 0.05) is 24.1 Å². The van der Waals surface area contributed by atoms with Crippen molar-refractivity contribution in [3.8, 4) is 0 Å². The van der Waals surface area contributed by atoms with Crippen molar-refractivity contribution in [3.63, 3.8) is 0 Å². The standard InChI is InChI=1S/C23H32N2O2/c1-3-25(4-2)22(27)20(24-21(26)19-8-6-5-7-9-19)23-13-16-10-17(14-23)12-18(11-16)15-23/h5-9,16-18,20H,3-4,10-15H2,1-2H3,(H,24,26)/t16?,17?,18?,20-,23?/m0/s1. The minimum atomic E-state index is -0.390. The molecule has 0 saturated heterocycles. The van der Waals surface area contributed by atoms with Crippen LogP contribution in [0.4, 0.5) is 0 Å². The van der Waals surface area contributed by atoms with Gasteiger partial charge in [-0.25, -0.2) is 0 Å². The number of amides is 2. The van der Waals surface area contributed by atoms with E-state index >= 15 is 0 Å². The average Bonchev–Trinajstić information content (AvgIpc) is 2.66. The van der Waals surface area contributed by atoms with Crippen molar-refractivity contribution in [2.75, 3.05) is 13.1 Å². The molecule has 0 unspecified atom stereocenters. The number of likely N-dealkylation sites (N-methyl/N-ethyl adjacent to an activating group) is 1. The summed E-state index contributed by atoms with van der Waals surface area (Å²) in [6.07, 6.45) is 7.30. The first-order valence-corrected chi connectivity index (χ1v) is 10.7. The molecule has 4 fully saturated rings. The molecule has 4 heteroatoms. The van der Waals surface area contributed by atoms with E-state index in [0.29, 0.717) is 18.7 Å². The summed E-state index contributed by atoms with van der Waals surface area (Å²) in [4.78, 5) is 28.4. The molecule has 146 valence electrons. The van der Waals surface area contributed by atoms with Gasteiger partial charge in [-0.05, 0) is 82.3 Å². The lowest BCUT2D eigenvalue weighted by molar-refractivity contribution is -0.144. The molecule has 4 aliphatic rings. The molecule has 4 saturated carbocycles. The van der Waals surface area contributed by atoms with Crippen LogP contribution in [0.1, 0.15) is 62.7 Å². The second-order valence-electron chi connectivity index (χ2n) is 9.06. The summed E-state index contributed by atoms with van der Waals surface area (Å²) in [7, 11) is 0. The number of carbonyl (C=O) groups excluding carboxylic acids is 2. The van der Waals surface area contributed by atoms with Crippen molar-refractivity contribution in [1.29, 1.82) is 0 Å². The molecule has 0 heterocycles. The minimum absolute atomic E-state index is 0.0428. The zero-order valence-corrected chi connectivity index (χ0v) is 16.6. The third-order valence-corrected chi connectivity index (χ3v) is 7.33. The van der Waals surface area contributed by atoms with Crippen molar-refractivity contribution in [2.45, 2.75) is 58.4 Å². The fourth-order valence-electron chi connectivity index (χ4n) is 6.53. The molecule has 0 radical (unpaired) electrons. The number of carbonyl (C=O) groups is 2. The van der Waals surface area contributed by atoms with Crippen molar-refractivity contribution >= 4 is 11.8 Å². The molecule has 1 aromatic rings. The van der Waals surface area contributed by atoms with E-state index in [9.17, 15) is 9.59 Å². The zero-order valence-electron chi connectivity index (χ0n) is 16.6. The Morgan fingerprint density at radius 1 is 1.00 bits per heavy atom. The van der Waals surface area contributed by atoms with Crippen molar-refractivity contribution in [3.05, 3.63) is 35.9 Å². The van der Waals surface area contributed by atoms with Crippen LogP contribution in [0.5, 0.6) is 0 Å². The fourth-order valence-corrected chi connectivity index (χ4v) is 6.53. The van der Waals surface area contributed by atoms with E-state index in [1.807, 2.05) is 49.1 Å². The lowest BCUT2D eigenvalue weighted by Gasteiger charge is -2.59. The Balaban J connectivity index is 1.64. The third kappa shape index (κ3) is 3.39. The van der Waals surface area contributed by atoms with E-state index in [-0.39, 0.29) is 17.2 Å². The largest absolute Gasteiger partial charge is 0.341 e. The second-order valence-corrected chi connectivity index (χ2v) is 9.06. The monoisotopic (exact) mass is 368 g/mol. The van der Waals surface area contributed by atoms with Crippen molar-refractivity contribution in [2.24, 2.45) is 23.2 Å². The lowest BCUT2D eigenvalue weighted by Crippen LogP contribution is -2.62. The van der Waals surface area contributed by atoms with E-state index in [0.717, 1.165) is 37.0 Å². The summed E-state index contributed by atoms with van der Waals surface area (Å²) in [5.74, 6) is 2.24. The van der Waals surface area contributed by atoms with Crippen molar-refractivity contribution in [1.82, 2.24) is 10.2 Å². The van der Waals surface area contributed by atoms with E-state index in [1.165, 1.54) is 19.3 Å². The quantitative estimate of drug-likeness (QED) is 0.829. The predicted octanol–water partition coefficient (Wildman–Crippen LogP) is 3.87. The van der Waals surface area contributed by atoms with Crippen molar-refractivity contribution < 1.29 is 9.59 Å². The summed E-state index contributed by atoms with van der Waals surface area (Å²) in [6, 6.07) is 8.93. The van der Waals surface area contributed by atoms with Gasteiger partial charge >= 0.3 is 0 Å². The van der Waals surface area contributed by atoms with Gasteiger partial charge in [-0.15, -0.1) is 0 Å². The number of nitrogens with zero attached hydrogens (tertiary/aromatic N) is 1. The first-order valence-electron chi connectivity index (χ1n) is 10.7. The highest BCUT2D eigenvalue weighted by atomic mass is 16.2. The van der Waals surface area contributed by atoms with Crippen LogP contribution in [0.25, 0.3) is 0 Å². The van der Waals surface area contributed by atoms with Gasteiger partial charge in [0.05, 0.1) is 0 Å². The molecule has 5 rings (SSSR count). The molecule has 0 aliphatic heterocycles. The van der Waals surface area contributed by atoms with Gasteiger partial charge in [0.2, 0.25) is 5.91 Å². The van der Waals surface area contributed by atoms with Crippen LogP contribution in [0, 0.1) is 23.2 Å². The molecule has 4 aliphatic carbocycles. The fraction of sp³-hybridized carbons (Fsp3) is 0.652. The first kappa shape index (κ1) is 18.5. The van der Waals surface area contributed by atoms with Gasteiger partial charge in [0.1, 0.15) is 6.04 Å². The minimum Gasteiger partial charge on any atom is -0.341 e. The number of hydrogen-bond donors (Lipinski definition) is 1. The molecule has 2 amide bonds. The van der Waals surface area contributed by atoms with Crippen LogP contribution in [0.15, 0.2) is 30.3 Å². The summed E-state index contributed by atoms with van der Waals surface area (Å²) in [6.45, 7) is 5.44. The SMILES string of the molecule is CCN(CC)C(=O)[C@H](NC(=O)c1ccccc1)C12CC3CC(CC(C3)C1)C2. The van der Waals surface area contributed by atoms with Crippen LogP contribution in [-0.4, -0.2) is 35.8 Å². The highest BCUT2D eigenvalue weighted by Gasteiger charge is 2.56. The summed E-state index contributed by atoms with van der Waals surface area (Å²) < 4.78 is 0. The summed E-state index contributed by atoms with van der Waals surface area (Å²) in [5, 5.41) is 3.21. The molecule has 1 aromatic carbocycles. The Labute approximate surface area is 162 Å². The van der Waals surface area contributed by atoms with Gasteiger partial charge in [-0.1, -0.05) is 18.2 Å². The van der Waals surface area contributed by atoms with E-state index in [1.54, 1.807) is 0 Å². The number of hydrogen-bond acceptors (Lipinski definition) is 2. The van der Waals surface area contributed by atoms with E-state index < -0.39 is 6.04 Å². The predicted molar refractivity (Wildman–Crippen MR) is 106 cm³/mol. The molecule has 0 spiro atoms. The Hall–Kier alpha value is -1.84. The van der Waals surface area contributed by atoms with Gasteiger partial charge in [0.15, 0.2) is 0 Å². The van der Waals surface area contributed by atoms with Gasteiger partial charge in [-0.3, -0.25) is 9.59 Å². The van der Waals surface area contributed by atoms with Gasteiger partial charge < -0.3 is 10.2 Å². The molecule has 4 bridgehead atoms. The lowest BCUT2D eigenvalue weighted by atomic mass is 9.47. The maximum atomic E-state index is 13.5. The van der Waals surface area contributed by atoms with Gasteiger partial charge in [-0.2, -0.15) is 0 Å². The Morgan fingerprint density at radius 3 is 2.00 bits per heavy atom. The topological polar surface area (TPSA) is 49.4 Å². The average molecular weight is 369 g/mol. The molecule has 4 nitrogen and oxygen atoms in total. The maximum Gasteiger partial charge on any atom is 0.251 e. The van der Waals surface area contributed by atoms with Crippen LogP contribution in [0.3, 0.4) is 0 Å². The highest BCUT2D eigenvalue weighted by molar-refractivity contribution is 5.97. The molecule has 1 atom stereocenters. The number of benzene rings is 1. The highest BCUT2D eigenvalue weighted by Crippen LogP contribution is 2.61. The maximum absolute atomic E-state index is 13.5. The number of nitrogens with one attached hydrogen (secondary N) is 1. The third-order valence-electron chi connectivity index (χ3n) is 7.33. The Morgan fingerprint density at radius 2 is 1.52 bits per heavy atom. The first-order chi connectivity index (χ1) is 13.0. The zero-order chi connectivity index (χ0) is 19.0. The van der Waals surface area contributed by atoms with E-state index in [2.05, 4.69) is 5.32 Å². The Kier molecular flexibility index (Phi) is 5.00. The van der Waals surface area contributed by atoms with E-state index in [4.69, 9.17) is 0 Å². The van der Waals surface area contributed by atoms with Gasteiger partial charge in [0.25, 0.3) is 5.91 Å². The van der Waals surface area contributed by atoms with Crippen LogP contribution in [0.2, 0.25) is 0 Å². The van der Waals surface area contributed by atoms with Crippen LogP contribution in [-0.2, 0) is 4.79 Å². The molecule has 1 N–H and O–H groups in total.